The summed E-state index contributed by atoms with van der Waals surface area (Å²) in [7, 11) is 1.73. The van der Waals surface area contributed by atoms with Gasteiger partial charge in [0.05, 0.1) is 12.2 Å². The number of nitrogens with one attached hydrogen (secondary N) is 3. The molecule has 2 aromatic carbocycles. The normalized spacial score (nSPS) is 17.6. The molecule has 290 valence electrons. The van der Waals surface area contributed by atoms with Crippen LogP contribution in [0.15, 0.2) is 66.9 Å². The number of carbonyl (C=O) groups is 5. The van der Waals surface area contributed by atoms with Gasteiger partial charge >= 0.3 is 6.09 Å². The smallest absolute Gasteiger partial charge is 0.410 e. The highest BCUT2D eigenvalue weighted by Crippen LogP contribution is 2.32. The number of rotatable bonds is 12. The van der Waals surface area contributed by atoms with Crippen LogP contribution >= 0.6 is 0 Å². The van der Waals surface area contributed by atoms with E-state index in [9.17, 15) is 24.0 Å². The number of hydrogen-bond donors (Lipinski definition) is 3. The molecule has 13 nitrogen and oxygen atoms in total. The van der Waals surface area contributed by atoms with Crippen LogP contribution in [0.4, 0.5) is 16.3 Å². The minimum atomic E-state index is -0.868. The molecule has 3 atom stereocenters. The summed E-state index contributed by atoms with van der Waals surface area (Å²) in [6.45, 7) is 8.10. The van der Waals surface area contributed by atoms with Crippen LogP contribution in [-0.2, 0) is 43.8 Å². The largest absolute Gasteiger partial charge is 0.444 e. The Balaban J connectivity index is 1.28. The zero-order valence-corrected chi connectivity index (χ0v) is 32.2. The minimum Gasteiger partial charge on any atom is -0.444 e. The summed E-state index contributed by atoms with van der Waals surface area (Å²) in [5.74, 6) is -1.62. The predicted octanol–water partition coefficient (Wildman–Crippen LogP) is 5.32. The molecule has 1 aromatic heterocycles. The van der Waals surface area contributed by atoms with Crippen LogP contribution in [0.3, 0.4) is 0 Å². The molecule has 0 unspecified atom stereocenters. The number of anilines is 2. The first-order chi connectivity index (χ1) is 25.8. The second kappa shape index (κ2) is 18.2. The Labute approximate surface area is 318 Å². The molecule has 3 N–H and O–H groups in total. The number of aryl methyl sites for hydroxylation is 1. The summed E-state index contributed by atoms with van der Waals surface area (Å²) in [4.78, 5) is 70.7. The SMILES string of the molecule is CCC(=O)N[C@H](Cc1ccc(NC(=O)[C@@H](C(=O)Nc2ccnn2C)C2CCCCC2)cc1)C(=O)N1CCN(C(=O)OC(C)(C)C)[C@@H](Cc2ccccc2)C1. The molecule has 1 aliphatic heterocycles. The second-order valence-corrected chi connectivity index (χ2v) is 15.4. The highest BCUT2D eigenvalue weighted by atomic mass is 16.6. The Morgan fingerprint density at radius 1 is 0.870 bits per heavy atom. The van der Waals surface area contributed by atoms with E-state index in [0.29, 0.717) is 31.0 Å². The maximum Gasteiger partial charge on any atom is 0.410 e. The minimum absolute atomic E-state index is 0.0708. The third-order valence-corrected chi connectivity index (χ3v) is 10.1. The Morgan fingerprint density at radius 3 is 2.19 bits per heavy atom. The predicted molar refractivity (Wildman–Crippen MR) is 206 cm³/mol. The lowest BCUT2D eigenvalue weighted by atomic mass is 9.79. The average molecular weight is 742 g/mol. The van der Waals surface area contributed by atoms with Gasteiger partial charge in [0.15, 0.2) is 0 Å². The fourth-order valence-electron chi connectivity index (χ4n) is 7.29. The van der Waals surface area contributed by atoms with E-state index in [4.69, 9.17) is 4.74 Å². The molecule has 0 spiro atoms. The van der Waals surface area contributed by atoms with Crippen molar-refractivity contribution in [3.05, 3.63) is 78.0 Å². The molecule has 1 saturated carbocycles. The topological polar surface area (TPSA) is 155 Å². The average Bonchev–Trinajstić information content (AvgIpc) is 3.55. The number of carbonyl (C=O) groups excluding carboxylic acids is 5. The summed E-state index contributed by atoms with van der Waals surface area (Å²) < 4.78 is 7.28. The van der Waals surface area contributed by atoms with E-state index in [1.54, 1.807) is 52.8 Å². The lowest BCUT2D eigenvalue weighted by Gasteiger charge is -2.42. The Hall–Kier alpha value is -5.20. The number of hydrogen-bond acceptors (Lipinski definition) is 7. The summed E-state index contributed by atoms with van der Waals surface area (Å²) in [6, 6.07) is 17.5. The molecule has 2 aliphatic rings. The fraction of sp³-hybridized carbons (Fsp3) is 0.512. The van der Waals surface area contributed by atoms with Crippen LogP contribution in [0, 0.1) is 11.8 Å². The molecular weight excluding hydrogens is 686 g/mol. The molecule has 1 saturated heterocycles. The van der Waals surface area contributed by atoms with Crippen molar-refractivity contribution in [3.8, 4) is 0 Å². The molecule has 2 fully saturated rings. The van der Waals surface area contributed by atoms with E-state index >= 15 is 0 Å². The lowest BCUT2D eigenvalue weighted by molar-refractivity contribution is -0.139. The number of benzene rings is 2. The quantitative estimate of drug-likeness (QED) is 0.212. The van der Waals surface area contributed by atoms with Crippen molar-refractivity contribution in [1.29, 1.82) is 0 Å². The van der Waals surface area contributed by atoms with Crippen LogP contribution in [0.25, 0.3) is 0 Å². The van der Waals surface area contributed by atoms with Gasteiger partial charge in [0.1, 0.15) is 23.4 Å². The summed E-state index contributed by atoms with van der Waals surface area (Å²) >= 11 is 0. The van der Waals surface area contributed by atoms with Crippen LogP contribution in [-0.4, -0.2) is 86.6 Å². The van der Waals surface area contributed by atoms with Crippen LogP contribution in [0.5, 0.6) is 0 Å². The molecule has 54 heavy (non-hydrogen) atoms. The third kappa shape index (κ3) is 10.9. The Morgan fingerprint density at radius 2 is 1.56 bits per heavy atom. The van der Waals surface area contributed by atoms with Gasteiger partial charge in [-0.1, -0.05) is 68.7 Å². The van der Waals surface area contributed by atoms with Crippen molar-refractivity contribution in [3.63, 3.8) is 0 Å². The van der Waals surface area contributed by atoms with Gasteiger partial charge in [-0.2, -0.15) is 5.10 Å². The number of nitrogens with zero attached hydrogens (tertiary/aromatic N) is 4. The number of ether oxygens (including phenoxy) is 1. The van der Waals surface area contributed by atoms with Crippen molar-refractivity contribution < 1.29 is 28.7 Å². The van der Waals surface area contributed by atoms with E-state index in [1.807, 2.05) is 63.2 Å². The first kappa shape index (κ1) is 40.0. The summed E-state index contributed by atoms with van der Waals surface area (Å²) in [5.41, 5.74) is 1.68. The van der Waals surface area contributed by atoms with Gasteiger partial charge in [0.2, 0.25) is 23.6 Å². The van der Waals surface area contributed by atoms with E-state index in [0.717, 1.165) is 43.2 Å². The highest BCUT2D eigenvalue weighted by molar-refractivity contribution is 6.10. The molecule has 5 amide bonds. The monoisotopic (exact) mass is 741 g/mol. The Bertz CT molecular complexity index is 1750. The first-order valence-electron chi connectivity index (χ1n) is 19.1. The van der Waals surface area contributed by atoms with Crippen molar-refractivity contribution in [2.75, 3.05) is 30.3 Å². The zero-order chi connectivity index (χ0) is 38.8. The van der Waals surface area contributed by atoms with Gasteiger partial charge in [-0.15, -0.1) is 0 Å². The lowest BCUT2D eigenvalue weighted by Crippen LogP contribution is -2.61. The fourth-order valence-corrected chi connectivity index (χ4v) is 7.29. The number of amides is 5. The first-order valence-corrected chi connectivity index (χ1v) is 19.1. The molecule has 1 aliphatic carbocycles. The second-order valence-electron chi connectivity index (χ2n) is 15.4. The maximum atomic E-state index is 14.2. The molecule has 13 heteroatoms. The van der Waals surface area contributed by atoms with Crippen molar-refractivity contribution >= 4 is 41.2 Å². The van der Waals surface area contributed by atoms with Crippen molar-refractivity contribution in [2.45, 2.75) is 96.7 Å². The van der Waals surface area contributed by atoms with E-state index in [1.165, 1.54) is 0 Å². The Kier molecular flexibility index (Phi) is 13.5. The maximum absolute atomic E-state index is 14.2. The van der Waals surface area contributed by atoms with Gasteiger partial charge in [0, 0.05) is 51.3 Å². The van der Waals surface area contributed by atoms with E-state index in [-0.39, 0.29) is 55.0 Å². The molecule has 2 heterocycles. The van der Waals surface area contributed by atoms with E-state index < -0.39 is 23.7 Å². The summed E-state index contributed by atoms with van der Waals surface area (Å²) in [5, 5.41) is 12.9. The molecule has 3 aromatic rings. The standard InChI is InChI=1S/C41H55N7O6/c1-6-35(49)44-33(39(52)47-23-24-48(40(53)54-41(2,3)4)32(27-47)25-28-13-9-7-10-14-28)26-29-17-19-31(20-18-29)43-37(50)36(30-15-11-8-12-16-30)38(51)45-34-21-22-42-46(34)5/h7,9-10,13-14,17-22,30,32-33,36H,6,8,11-12,15-16,23-27H2,1-5H3,(H,43,50)(H,44,49)(H,45,51)/t32-,33+,36-/m0/s1. The molecule has 0 bridgehead atoms. The van der Waals surface area contributed by atoms with Crippen LogP contribution in [0.1, 0.15) is 77.3 Å². The van der Waals surface area contributed by atoms with Gasteiger partial charge < -0.3 is 30.5 Å². The van der Waals surface area contributed by atoms with Crippen molar-refractivity contribution in [1.82, 2.24) is 24.9 Å². The number of aromatic nitrogens is 2. The van der Waals surface area contributed by atoms with Gasteiger partial charge in [-0.3, -0.25) is 23.9 Å². The van der Waals surface area contributed by atoms with Gasteiger partial charge in [-0.05, 0) is 69.2 Å². The van der Waals surface area contributed by atoms with Crippen molar-refractivity contribution in [2.24, 2.45) is 18.9 Å². The molecular formula is C41H55N7O6. The van der Waals surface area contributed by atoms with Gasteiger partial charge in [-0.25, -0.2) is 4.79 Å². The van der Waals surface area contributed by atoms with Crippen LogP contribution in [0.2, 0.25) is 0 Å². The van der Waals surface area contributed by atoms with E-state index in [2.05, 4.69) is 21.0 Å². The zero-order valence-electron chi connectivity index (χ0n) is 32.2. The third-order valence-electron chi connectivity index (χ3n) is 10.1. The molecule has 5 rings (SSSR count). The number of piperazine rings is 1. The molecule has 0 radical (unpaired) electrons. The van der Waals surface area contributed by atoms with Crippen LogP contribution < -0.4 is 16.0 Å². The summed E-state index contributed by atoms with van der Waals surface area (Å²) in [6.07, 6.45) is 6.80. The van der Waals surface area contributed by atoms with Gasteiger partial charge in [0.25, 0.3) is 0 Å². The highest BCUT2D eigenvalue weighted by Gasteiger charge is 2.38.